The maximum atomic E-state index is 13.0. The highest BCUT2D eigenvalue weighted by atomic mass is 35.5. The second kappa shape index (κ2) is 10.2. The third-order valence-electron chi connectivity index (χ3n) is 5.06. The predicted octanol–water partition coefficient (Wildman–Crippen LogP) is 3.68. The fourth-order valence-corrected chi connectivity index (χ4v) is 3.51. The summed E-state index contributed by atoms with van der Waals surface area (Å²) in [7, 11) is 0. The number of nitro benzene ring substituents is 1. The Bertz CT molecular complexity index is 1340. The number of hydrogen-bond donors (Lipinski definition) is 1. The Balaban J connectivity index is 1.39. The first-order valence-electron chi connectivity index (χ1n) is 10.2. The average Bonchev–Trinajstić information content (AvgIpc) is 3.33. The van der Waals surface area contributed by atoms with Crippen molar-refractivity contribution < 1.29 is 33.5 Å². The molecule has 0 saturated heterocycles. The van der Waals surface area contributed by atoms with Crippen molar-refractivity contribution in [1.29, 1.82) is 0 Å². The normalized spacial score (nSPS) is 11.6. The Morgan fingerprint density at radius 1 is 1.00 bits per heavy atom. The molecule has 35 heavy (non-hydrogen) atoms. The van der Waals surface area contributed by atoms with Gasteiger partial charge in [0.15, 0.2) is 23.9 Å². The molecule has 3 aromatic rings. The first-order chi connectivity index (χ1) is 16.8. The zero-order valence-corrected chi connectivity index (χ0v) is 18.7. The van der Waals surface area contributed by atoms with E-state index >= 15 is 0 Å². The Morgan fingerprint density at radius 2 is 1.74 bits per heavy atom. The van der Waals surface area contributed by atoms with Crippen LogP contribution < -0.4 is 14.8 Å². The van der Waals surface area contributed by atoms with Crippen LogP contribution in [0.2, 0.25) is 5.02 Å². The smallest absolute Gasteiger partial charge is 0.339 e. The highest BCUT2D eigenvalue weighted by Gasteiger charge is 2.23. The van der Waals surface area contributed by atoms with Gasteiger partial charge in [-0.2, -0.15) is 0 Å². The van der Waals surface area contributed by atoms with E-state index in [0.29, 0.717) is 11.5 Å². The lowest BCUT2D eigenvalue weighted by molar-refractivity contribution is -0.384. The Morgan fingerprint density at radius 3 is 2.51 bits per heavy atom. The lowest BCUT2D eigenvalue weighted by atomic mass is 9.98. The van der Waals surface area contributed by atoms with Gasteiger partial charge in [-0.3, -0.25) is 19.7 Å². The summed E-state index contributed by atoms with van der Waals surface area (Å²) in [5, 5.41) is 13.6. The summed E-state index contributed by atoms with van der Waals surface area (Å²) in [5.74, 6) is -0.876. The number of rotatable bonds is 8. The number of nitrogens with zero attached hydrogens (tertiary/aromatic N) is 1. The number of ketones is 1. The number of nitro groups is 1. The van der Waals surface area contributed by atoms with Crippen molar-refractivity contribution in [2.45, 2.75) is 6.54 Å². The topological polar surface area (TPSA) is 134 Å². The molecule has 0 fully saturated rings. The highest BCUT2D eigenvalue weighted by Crippen LogP contribution is 2.32. The number of ether oxygens (including phenoxy) is 3. The van der Waals surface area contributed by atoms with E-state index in [1.54, 1.807) is 18.2 Å². The molecule has 3 aromatic carbocycles. The van der Waals surface area contributed by atoms with E-state index in [1.165, 1.54) is 36.4 Å². The molecule has 0 atom stereocenters. The number of halogens is 1. The van der Waals surface area contributed by atoms with Crippen LogP contribution in [0.4, 0.5) is 5.69 Å². The molecule has 0 saturated carbocycles. The van der Waals surface area contributed by atoms with Crippen LogP contribution in [0.1, 0.15) is 31.8 Å². The number of hydrogen-bond acceptors (Lipinski definition) is 8. The molecular weight excluding hydrogens is 480 g/mol. The Kier molecular flexibility index (Phi) is 6.93. The number of fused-ring (bicyclic) bond motifs is 1. The van der Waals surface area contributed by atoms with Crippen LogP contribution in [0, 0.1) is 10.1 Å². The number of amides is 1. The second-order valence-corrected chi connectivity index (χ2v) is 7.75. The summed E-state index contributed by atoms with van der Waals surface area (Å²) in [6, 6.07) is 14.6. The van der Waals surface area contributed by atoms with Crippen LogP contribution in [-0.2, 0) is 16.1 Å². The van der Waals surface area contributed by atoms with E-state index < -0.39 is 34.9 Å². The van der Waals surface area contributed by atoms with Gasteiger partial charge in [0, 0.05) is 23.7 Å². The lowest BCUT2D eigenvalue weighted by Crippen LogP contribution is -2.28. The molecule has 0 spiro atoms. The molecule has 1 aliphatic heterocycles. The van der Waals surface area contributed by atoms with Gasteiger partial charge in [0.25, 0.3) is 11.6 Å². The molecule has 0 aliphatic carbocycles. The summed E-state index contributed by atoms with van der Waals surface area (Å²) in [6.45, 7) is -0.254. The fraction of sp³-hybridized carbons (Fsp3) is 0.125. The molecule has 0 unspecified atom stereocenters. The van der Waals surface area contributed by atoms with Crippen molar-refractivity contribution in [3.63, 3.8) is 0 Å². The molecule has 1 amide bonds. The Hall–Kier alpha value is -4.44. The van der Waals surface area contributed by atoms with Crippen LogP contribution in [0.15, 0.2) is 60.7 Å². The van der Waals surface area contributed by atoms with Crippen molar-refractivity contribution >= 4 is 34.9 Å². The number of carbonyl (C=O) groups is 3. The van der Waals surface area contributed by atoms with E-state index in [1.807, 2.05) is 0 Å². The molecule has 11 heteroatoms. The van der Waals surface area contributed by atoms with E-state index in [-0.39, 0.29) is 35.1 Å². The first-order valence-corrected chi connectivity index (χ1v) is 10.6. The predicted molar refractivity (Wildman–Crippen MR) is 123 cm³/mol. The third-order valence-corrected chi connectivity index (χ3v) is 5.38. The molecule has 178 valence electrons. The van der Waals surface area contributed by atoms with Gasteiger partial charge in [-0.15, -0.1) is 0 Å². The van der Waals surface area contributed by atoms with Crippen LogP contribution in [0.3, 0.4) is 0 Å². The molecule has 0 bridgehead atoms. The molecule has 4 rings (SSSR count). The number of benzene rings is 3. The van der Waals surface area contributed by atoms with Gasteiger partial charge in [0.1, 0.15) is 5.02 Å². The summed E-state index contributed by atoms with van der Waals surface area (Å²) >= 11 is 5.81. The van der Waals surface area contributed by atoms with Gasteiger partial charge in [-0.1, -0.05) is 35.9 Å². The number of nitrogens with one attached hydrogen (secondary N) is 1. The first kappa shape index (κ1) is 23.7. The standard InChI is InChI=1S/C24H17ClN2O8/c25-18-7-6-15(10-19(18)27(31)32)23(29)16-3-1-2-4-17(16)24(30)33-12-22(28)26-11-14-5-8-20-21(9-14)35-13-34-20/h1-10H,11-13H2,(H,26,28). The van der Waals surface area contributed by atoms with E-state index in [4.69, 9.17) is 25.8 Å². The van der Waals surface area contributed by atoms with Crippen LogP contribution >= 0.6 is 11.6 Å². The monoisotopic (exact) mass is 496 g/mol. The second-order valence-electron chi connectivity index (χ2n) is 7.34. The van der Waals surface area contributed by atoms with Crippen molar-refractivity contribution in [2.75, 3.05) is 13.4 Å². The van der Waals surface area contributed by atoms with E-state index in [9.17, 15) is 24.5 Å². The van der Waals surface area contributed by atoms with Crippen LogP contribution in [-0.4, -0.2) is 36.0 Å². The van der Waals surface area contributed by atoms with E-state index in [0.717, 1.165) is 11.6 Å². The summed E-state index contributed by atoms with van der Waals surface area (Å²) in [5.41, 5.74) is 0.190. The van der Waals surface area contributed by atoms with Crippen molar-refractivity contribution in [1.82, 2.24) is 5.32 Å². The quantitative estimate of drug-likeness (QED) is 0.216. The Labute approximate surface area is 203 Å². The highest BCUT2D eigenvalue weighted by molar-refractivity contribution is 6.33. The average molecular weight is 497 g/mol. The van der Waals surface area contributed by atoms with Crippen LogP contribution in [0.5, 0.6) is 11.5 Å². The maximum Gasteiger partial charge on any atom is 0.339 e. The molecule has 10 nitrogen and oxygen atoms in total. The summed E-state index contributed by atoms with van der Waals surface area (Å²) < 4.78 is 15.6. The molecular formula is C24H17ClN2O8. The van der Waals surface area contributed by atoms with Crippen molar-refractivity contribution in [2.24, 2.45) is 0 Å². The van der Waals surface area contributed by atoms with Crippen LogP contribution in [0.25, 0.3) is 0 Å². The zero-order valence-electron chi connectivity index (χ0n) is 18.0. The van der Waals surface area contributed by atoms with Gasteiger partial charge < -0.3 is 19.5 Å². The maximum absolute atomic E-state index is 13.0. The number of esters is 1. The van der Waals surface area contributed by atoms with Gasteiger partial charge in [0.05, 0.1) is 10.5 Å². The molecule has 1 aliphatic rings. The molecule has 1 heterocycles. The SMILES string of the molecule is O=C(COC(=O)c1ccccc1C(=O)c1ccc(Cl)c([N+](=O)[O-])c1)NCc1ccc2c(c1)OCO2. The minimum Gasteiger partial charge on any atom is -0.454 e. The minimum absolute atomic E-state index is 0.0252. The fourth-order valence-electron chi connectivity index (χ4n) is 3.32. The largest absolute Gasteiger partial charge is 0.454 e. The van der Waals surface area contributed by atoms with Gasteiger partial charge in [-0.25, -0.2) is 4.79 Å². The third kappa shape index (κ3) is 5.39. The summed E-state index contributed by atoms with van der Waals surface area (Å²) in [4.78, 5) is 48.2. The molecule has 0 radical (unpaired) electrons. The zero-order chi connectivity index (χ0) is 24.9. The molecule has 0 aromatic heterocycles. The van der Waals surface area contributed by atoms with Gasteiger partial charge in [-0.05, 0) is 35.9 Å². The minimum atomic E-state index is -0.893. The lowest BCUT2D eigenvalue weighted by Gasteiger charge is -2.10. The van der Waals surface area contributed by atoms with Crippen molar-refractivity contribution in [3.8, 4) is 11.5 Å². The van der Waals surface area contributed by atoms with Gasteiger partial charge >= 0.3 is 5.97 Å². The summed E-state index contributed by atoms with van der Waals surface area (Å²) in [6.07, 6.45) is 0. The molecule has 1 N–H and O–H groups in total. The van der Waals surface area contributed by atoms with Crippen molar-refractivity contribution in [3.05, 3.63) is 98.1 Å². The van der Waals surface area contributed by atoms with Gasteiger partial charge in [0.2, 0.25) is 6.79 Å². The number of carbonyl (C=O) groups excluding carboxylic acids is 3. The van der Waals surface area contributed by atoms with E-state index in [2.05, 4.69) is 5.32 Å².